The number of thioether (sulfide) groups is 1. The first-order chi connectivity index (χ1) is 11.8. The molecule has 0 aliphatic heterocycles. The van der Waals surface area contributed by atoms with E-state index in [1.54, 1.807) is 0 Å². The van der Waals surface area contributed by atoms with Gasteiger partial charge in [-0.15, -0.1) is 12.4 Å². The van der Waals surface area contributed by atoms with Crippen molar-refractivity contribution in [1.29, 1.82) is 0 Å². The first-order valence-corrected chi connectivity index (χ1v) is 9.64. The van der Waals surface area contributed by atoms with E-state index in [1.807, 2.05) is 11.8 Å². The van der Waals surface area contributed by atoms with Crippen LogP contribution in [-0.2, 0) is 6.54 Å². The Morgan fingerprint density at radius 2 is 1.64 bits per heavy atom. The van der Waals surface area contributed by atoms with Gasteiger partial charge in [-0.05, 0) is 30.8 Å². The maximum atomic E-state index is 4.86. The van der Waals surface area contributed by atoms with Gasteiger partial charge < -0.3 is 9.47 Å². The molecule has 2 aromatic carbocycles. The zero-order valence-electron chi connectivity index (χ0n) is 14.9. The van der Waals surface area contributed by atoms with Gasteiger partial charge in [0.2, 0.25) is 0 Å². The molecule has 0 saturated carbocycles. The number of rotatable bonds is 8. The van der Waals surface area contributed by atoms with Gasteiger partial charge in [0.1, 0.15) is 0 Å². The lowest BCUT2D eigenvalue weighted by molar-refractivity contribution is 0.324. The van der Waals surface area contributed by atoms with Crippen LogP contribution in [0.3, 0.4) is 0 Å². The van der Waals surface area contributed by atoms with Gasteiger partial charge in [-0.2, -0.15) is 0 Å². The summed E-state index contributed by atoms with van der Waals surface area (Å²) in [7, 11) is 0. The fourth-order valence-corrected chi connectivity index (χ4v) is 3.90. The average molecular weight is 376 g/mol. The van der Waals surface area contributed by atoms with Gasteiger partial charge >= 0.3 is 0 Å². The maximum absolute atomic E-state index is 4.86. The number of nitrogens with zero attached hydrogens (tertiary/aromatic N) is 3. The molecule has 0 saturated heterocycles. The Hall–Kier alpha value is -1.49. The van der Waals surface area contributed by atoms with Gasteiger partial charge in [0, 0.05) is 12.3 Å². The number of imidazole rings is 1. The Balaban J connectivity index is 0.00000225. The fourth-order valence-electron chi connectivity index (χ4n) is 2.89. The molecule has 0 aliphatic carbocycles. The van der Waals surface area contributed by atoms with Gasteiger partial charge in [-0.1, -0.05) is 68.1 Å². The van der Waals surface area contributed by atoms with Gasteiger partial charge in [-0.25, -0.2) is 4.98 Å². The van der Waals surface area contributed by atoms with Crippen molar-refractivity contribution in [1.82, 2.24) is 14.5 Å². The lowest BCUT2D eigenvalue weighted by Crippen LogP contribution is -2.25. The molecule has 3 nitrogen and oxygen atoms in total. The fraction of sp³-hybridized carbons (Fsp3) is 0.350. The van der Waals surface area contributed by atoms with Gasteiger partial charge in [0.15, 0.2) is 5.16 Å². The monoisotopic (exact) mass is 375 g/mol. The quantitative estimate of drug-likeness (QED) is 0.520. The summed E-state index contributed by atoms with van der Waals surface area (Å²) >= 11 is 1.86. The SMILES string of the molecule is CCN(CC)CCSc1nc2ccccc2n1Cc1ccccc1.Cl. The standard InChI is InChI=1S/C20H25N3S.ClH/c1-3-22(4-2)14-15-24-20-21-18-12-8-9-13-19(18)23(20)16-17-10-6-5-7-11-17;/h5-13H,3-4,14-16H2,1-2H3;1H. The van der Waals surface area contributed by atoms with E-state index in [2.05, 4.69) is 77.9 Å². The van der Waals surface area contributed by atoms with E-state index in [1.165, 1.54) is 11.1 Å². The summed E-state index contributed by atoms with van der Waals surface area (Å²) in [5, 5.41) is 1.12. The molecule has 1 aromatic heterocycles. The van der Waals surface area contributed by atoms with Crippen LogP contribution in [0.15, 0.2) is 59.8 Å². The van der Waals surface area contributed by atoms with Gasteiger partial charge in [0.05, 0.1) is 17.6 Å². The molecule has 0 aliphatic rings. The molecular weight excluding hydrogens is 350 g/mol. The number of hydrogen-bond donors (Lipinski definition) is 0. The van der Waals surface area contributed by atoms with Gasteiger partial charge in [0.25, 0.3) is 0 Å². The Bertz CT molecular complexity index is 769. The highest BCUT2D eigenvalue weighted by Gasteiger charge is 2.11. The molecule has 0 fully saturated rings. The van der Waals surface area contributed by atoms with E-state index in [0.29, 0.717) is 0 Å². The Morgan fingerprint density at radius 3 is 2.36 bits per heavy atom. The highest BCUT2D eigenvalue weighted by atomic mass is 35.5. The molecule has 0 radical (unpaired) electrons. The highest BCUT2D eigenvalue weighted by molar-refractivity contribution is 7.99. The van der Waals surface area contributed by atoms with E-state index in [0.717, 1.165) is 42.6 Å². The summed E-state index contributed by atoms with van der Waals surface area (Å²) in [6, 6.07) is 19.0. The molecule has 0 unspecified atom stereocenters. The van der Waals surface area contributed by atoms with E-state index in [9.17, 15) is 0 Å². The van der Waals surface area contributed by atoms with Crippen LogP contribution in [0.5, 0.6) is 0 Å². The van der Waals surface area contributed by atoms with Crippen molar-refractivity contribution in [2.45, 2.75) is 25.5 Å². The Labute approximate surface area is 160 Å². The van der Waals surface area contributed by atoms with E-state index >= 15 is 0 Å². The third-order valence-corrected chi connectivity index (χ3v) is 5.29. The van der Waals surface area contributed by atoms with Crippen molar-refractivity contribution in [3.63, 3.8) is 0 Å². The van der Waals surface area contributed by atoms with Crippen LogP contribution < -0.4 is 0 Å². The molecule has 0 bridgehead atoms. The molecule has 25 heavy (non-hydrogen) atoms. The van der Waals surface area contributed by atoms with Crippen molar-refractivity contribution in [3.8, 4) is 0 Å². The molecule has 0 spiro atoms. The second kappa shape index (κ2) is 9.85. The molecule has 3 aromatic rings. The van der Waals surface area contributed by atoms with E-state index < -0.39 is 0 Å². The zero-order chi connectivity index (χ0) is 16.8. The normalized spacial score (nSPS) is 11.0. The third-order valence-electron chi connectivity index (χ3n) is 4.34. The molecule has 0 amide bonds. The van der Waals surface area contributed by atoms with Crippen molar-refractivity contribution in [3.05, 3.63) is 60.2 Å². The van der Waals surface area contributed by atoms with Crippen LogP contribution >= 0.6 is 24.2 Å². The largest absolute Gasteiger partial charge is 0.314 e. The average Bonchev–Trinajstić information content (AvgIpc) is 2.97. The van der Waals surface area contributed by atoms with Crippen molar-refractivity contribution in [2.75, 3.05) is 25.4 Å². The number of halogens is 1. The van der Waals surface area contributed by atoms with Crippen molar-refractivity contribution < 1.29 is 0 Å². The summed E-state index contributed by atoms with van der Waals surface area (Å²) in [6.45, 7) is 8.63. The molecule has 0 atom stereocenters. The molecule has 134 valence electrons. The summed E-state index contributed by atoms with van der Waals surface area (Å²) in [4.78, 5) is 7.32. The molecule has 1 heterocycles. The number of benzene rings is 2. The summed E-state index contributed by atoms with van der Waals surface area (Å²) in [5.74, 6) is 1.07. The van der Waals surface area contributed by atoms with Crippen LogP contribution in [0.2, 0.25) is 0 Å². The molecule has 5 heteroatoms. The summed E-state index contributed by atoms with van der Waals surface area (Å²) in [6.07, 6.45) is 0. The highest BCUT2D eigenvalue weighted by Crippen LogP contribution is 2.25. The second-order valence-corrected chi connectivity index (χ2v) is 6.89. The first-order valence-electron chi connectivity index (χ1n) is 8.66. The minimum Gasteiger partial charge on any atom is -0.314 e. The predicted octanol–water partition coefficient (Wildman–Crippen LogP) is 4.94. The Kier molecular flexibility index (Phi) is 7.82. The number of aromatic nitrogens is 2. The van der Waals surface area contributed by atoms with Crippen LogP contribution in [0, 0.1) is 0 Å². The first kappa shape index (κ1) is 19.8. The lowest BCUT2D eigenvalue weighted by Gasteiger charge is -2.17. The maximum Gasteiger partial charge on any atom is 0.169 e. The molecular formula is C20H26ClN3S. The van der Waals surface area contributed by atoms with Crippen LogP contribution in [0.25, 0.3) is 11.0 Å². The minimum absolute atomic E-state index is 0. The number of fused-ring (bicyclic) bond motifs is 1. The van der Waals surface area contributed by atoms with Crippen molar-refractivity contribution >= 4 is 35.2 Å². The summed E-state index contributed by atoms with van der Waals surface area (Å²) < 4.78 is 2.34. The smallest absolute Gasteiger partial charge is 0.169 e. The summed E-state index contributed by atoms with van der Waals surface area (Å²) in [5.41, 5.74) is 3.61. The second-order valence-electron chi connectivity index (χ2n) is 5.83. The minimum atomic E-state index is 0. The number of para-hydroxylation sites is 2. The molecule has 0 N–H and O–H groups in total. The Morgan fingerprint density at radius 1 is 0.960 bits per heavy atom. The van der Waals surface area contributed by atoms with E-state index in [4.69, 9.17) is 4.98 Å². The number of hydrogen-bond acceptors (Lipinski definition) is 3. The van der Waals surface area contributed by atoms with Crippen LogP contribution in [-0.4, -0.2) is 39.8 Å². The van der Waals surface area contributed by atoms with Gasteiger partial charge in [-0.3, -0.25) is 0 Å². The zero-order valence-corrected chi connectivity index (χ0v) is 16.5. The predicted molar refractivity (Wildman–Crippen MR) is 111 cm³/mol. The van der Waals surface area contributed by atoms with E-state index in [-0.39, 0.29) is 12.4 Å². The van der Waals surface area contributed by atoms with Crippen LogP contribution in [0.4, 0.5) is 0 Å². The molecule has 3 rings (SSSR count). The van der Waals surface area contributed by atoms with Crippen molar-refractivity contribution in [2.24, 2.45) is 0 Å². The van der Waals surface area contributed by atoms with Crippen LogP contribution in [0.1, 0.15) is 19.4 Å². The topological polar surface area (TPSA) is 21.1 Å². The lowest BCUT2D eigenvalue weighted by atomic mass is 10.2. The third kappa shape index (κ3) is 5.00.